The third kappa shape index (κ3) is 2.90. The van der Waals surface area contributed by atoms with Crippen molar-refractivity contribution >= 4 is 5.78 Å². The molecule has 0 amide bonds. The number of carbonyl (C=O) groups is 1. The maximum absolute atomic E-state index is 11.9. The van der Waals surface area contributed by atoms with Crippen LogP contribution in [0.1, 0.15) is 34.6 Å². The van der Waals surface area contributed by atoms with E-state index in [1.54, 1.807) is 16.7 Å². The third-order valence-corrected chi connectivity index (χ3v) is 2.95. The summed E-state index contributed by atoms with van der Waals surface area (Å²) in [6.45, 7) is 0.496. The van der Waals surface area contributed by atoms with Gasteiger partial charge in [-0.2, -0.15) is 10.5 Å². The second-order valence-corrected chi connectivity index (χ2v) is 4.25. The molecule has 0 radical (unpaired) electrons. The van der Waals surface area contributed by atoms with Crippen molar-refractivity contribution in [2.45, 2.75) is 19.4 Å². The lowest BCUT2D eigenvalue weighted by atomic mass is 10.1. The Labute approximate surface area is 116 Å². The third-order valence-electron chi connectivity index (χ3n) is 2.95. The molecule has 0 aliphatic carbocycles. The summed E-state index contributed by atoms with van der Waals surface area (Å²) in [5.41, 5.74) is 1.07. The van der Waals surface area contributed by atoms with E-state index in [1.807, 2.05) is 30.3 Å². The van der Waals surface area contributed by atoms with Gasteiger partial charge in [-0.25, -0.2) is 4.98 Å². The summed E-state index contributed by atoms with van der Waals surface area (Å²) in [6, 6.07) is 12.9. The highest BCUT2D eigenvalue weighted by atomic mass is 16.1. The predicted molar refractivity (Wildman–Crippen MR) is 71.7 cm³/mol. The molecule has 0 unspecified atom stereocenters. The highest BCUT2D eigenvalue weighted by molar-refractivity contribution is 5.95. The van der Waals surface area contributed by atoms with Crippen LogP contribution >= 0.6 is 0 Å². The number of imidazole rings is 1. The Bertz CT molecular complexity index is 689. The molecule has 0 aliphatic rings. The Hall–Kier alpha value is -2.92. The lowest BCUT2D eigenvalue weighted by Gasteiger charge is -2.03. The summed E-state index contributed by atoms with van der Waals surface area (Å²) in [6.07, 6.45) is 2.46. The fraction of sp³-hybridized carbons (Fsp3) is 0.200. The fourth-order valence-corrected chi connectivity index (χ4v) is 1.93. The first kappa shape index (κ1) is 13.5. The van der Waals surface area contributed by atoms with Crippen molar-refractivity contribution in [3.8, 4) is 12.1 Å². The monoisotopic (exact) mass is 264 g/mol. The van der Waals surface area contributed by atoms with E-state index in [0.717, 1.165) is 0 Å². The van der Waals surface area contributed by atoms with E-state index in [9.17, 15) is 4.79 Å². The number of hydrogen-bond donors (Lipinski definition) is 0. The second kappa shape index (κ2) is 6.31. The molecular formula is C15H12N4O. The van der Waals surface area contributed by atoms with Crippen LogP contribution in [-0.2, 0) is 6.54 Å². The molecule has 5 heteroatoms. The minimum Gasteiger partial charge on any atom is -0.321 e. The van der Waals surface area contributed by atoms with E-state index in [2.05, 4.69) is 4.98 Å². The van der Waals surface area contributed by atoms with E-state index >= 15 is 0 Å². The highest BCUT2D eigenvalue weighted by Gasteiger charge is 2.10. The van der Waals surface area contributed by atoms with Gasteiger partial charge >= 0.3 is 0 Å². The van der Waals surface area contributed by atoms with E-state index in [4.69, 9.17) is 10.5 Å². The number of benzene rings is 1. The first-order valence-electron chi connectivity index (χ1n) is 6.20. The molecule has 98 valence electrons. The molecule has 0 atom stereocenters. The van der Waals surface area contributed by atoms with Crippen LogP contribution in [0.5, 0.6) is 0 Å². The largest absolute Gasteiger partial charge is 0.321 e. The second-order valence-electron chi connectivity index (χ2n) is 4.25. The van der Waals surface area contributed by atoms with Crippen molar-refractivity contribution in [3.63, 3.8) is 0 Å². The van der Waals surface area contributed by atoms with Crippen LogP contribution < -0.4 is 0 Å². The summed E-state index contributed by atoms with van der Waals surface area (Å²) in [5.74, 6) is 0.0738. The van der Waals surface area contributed by atoms with Crippen molar-refractivity contribution in [1.29, 1.82) is 10.5 Å². The molecule has 0 fully saturated rings. The van der Waals surface area contributed by atoms with Crippen LogP contribution in [0, 0.1) is 22.7 Å². The van der Waals surface area contributed by atoms with Gasteiger partial charge in [0.25, 0.3) is 0 Å². The Morgan fingerprint density at radius 1 is 1.20 bits per heavy atom. The number of ketones is 1. The number of carbonyl (C=O) groups excluding carboxylic acids is 1. The zero-order chi connectivity index (χ0) is 14.4. The molecule has 0 spiro atoms. The molecule has 0 aliphatic heterocycles. The van der Waals surface area contributed by atoms with Crippen LogP contribution in [0.15, 0.2) is 36.7 Å². The van der Waals surface area contributed by atoms with Crippen LogP contribution in [0.2, 0.25) is 0 Å². The van der Waals surface area contributed by atoms with Gasteiger partial charge in [-0.15, -0.1) is 0 Å². The Kier molecular flexibility index (Phi) is 4.26. The lowest BCUT2D eigenvalue weighted by Crippen LogP contribution is -2.04. The molecule has 20 heavy (non-hydrogen) atoms. The van der Waals surface area contributed by atoms with Crippen LogP contribution in [0.25, 0.3) is 0 Å². The van der Waals surface area contributed by atoms with E-state index in [1.165, 1.54) is 6.33 Å². The normalized spacial score (nSPS) is 9.70. The molecule has 0 bridgehead atoms. The average Bonchev–Trinajstić information content (AvgIpc) is 2.90. The smallest absolute Gasteiger partial charge is 0.176 e. The van der Waals surface area contributed by atoms with Crippen LogP contribution in [-0.4, -0.2) is 15.3 Å². The quantitative estimate of drug-likeness (QED) is 0.776. The highest BCUT2D eigenvalue weighted by Crippen LogP contribution is 2.09. The summed E-state index contributed by atoms with van der Waals surface area (Å²) in [4.78, 5) is 15.8. The summed E-state index contributed by atoms with van der Waals surface area (Å²) in [5, 5.41) is 17.8. The average molecular weight is 264 g/mol. The molecule has 1 heterocycles. The van der Waals surface area contributed by atoms with E-state index in [-0.39, 0.29) is 17.2 Å². The number of aryl methyl sites for hydroxylation is 1. The number of rotatable bonds is 5. The summed E-state index contributed by atoms with van der Waals surface area (Å²) >= 11 is 0. The maximum atomic E-state index is 11.9. The first-order chi connectivity index (χ1) is 9.76. The van der Waals surface area contributed by atoms with Gasteiger partial charge in [-0.05, 0) is 6.42 Å². The fourth-order valence-electron chi connectivity index (χ4n) is 1.93. The van der Waals surface area contributed by atoms with Crippen molar-refractivity contribution in [3.05, 3.63) is 53.6 Å². The van der Waals surface area contributed by atoms with Gasteiger partial charge in [0, 0.05) is 18.5 Å². The minimum atomic E-state index is 0.0738. The van der Waals surface area contributed by atoms with E-state index in [0.29, 0.717) is 24.9 Å². The molecule has 0 N–H and O–H groups in total. The topological polar surface area (TPSA) is 82.5 Å². The minimum absolute atomic E-state index is 0.0738. The molecule has 2 aromatic rings. The summed E-state index contributed by atoms with van der Waals surface area (Å²) in [7, 11) is 0. The zero-order valence-corrected chi connectivity index (χ0v) is 10.8. The van der Waals surface area contributed by atoms with Crippen molar-refractivity contribution in [2.75, 3.05) is 0 Å². The van der Waals surface area contributed by atoms with Gasteiger partial charge in [0.1, 0.15) is 12.1 Å². The van der Waals surface area contributed by atoms with Crippen LogP contribution in [0.3, 0.4) is 0 Å². The molecule has 1 aromatic carbocycles. The SMILES string of the molecule is N#Cc1ncn(CCCC(=O)c2ccccc2)c1C#N. The molecular weight excluding hydrogens is 252 g/mol. The number of hydrogen-bond acceptors (Lipinski definition) is 4. The Morgan fingerprint density at radius 2 is 1.95 bits per heavy atom. The maximum Gasteiger partial charge on any atom is 0.176 e. The summed E-state index contributed by atoms with van der Waals surface area (Å²) < 4.78 is 1.61. The van der Waals surface area contributed by atoms with Crippen molar-refractivity contribution in [1.82, 2.24) is 9.55 Å². The standard InChI is InChI=1S/C15H12N4O/c16-9-13-14(10-17)19(11-18-13)8-4-7-15(20)12-5-2-1-3-6-12/h1-3,5-6,11H,4,7-8H2. The number of aromatic nitrogens is 2. The zero-order valence-electron chi connectivity index (χ0n) is 10.8. The van der Waals surface area contributed by atoms with Gasteiger partial charge in [-0.1, -0.05) is 30.3 Å². The molecule has 0 saturated heterocycles. The van der Waals surface area contributed by atoms with Gasteiger partial charge in [0.05, 0.1) is 6.33 Å². The number of nitriles is 2. The first-order valence-corrected chi connectivity index (χ1v) is 6.20. The van der Waals surface area contributed by atoms with Gasteiger partial charge in [-0.3, -0.25) is 4.79 Å². The van der Waals surface area contributed by atoms with Gasteiger partial charge < -0.3 is 4.57 Å². The van der Waals surface area contributed by atoms with Crippen molar-refractivity contribution in [2.24, 2.45) is 0 Å². The van der Waals surface area contributed by atoms with Gasteiger partial charge in [0.2, 0.25) is 0 Å². The Balaban J connectivity index is 1.95. The predicted octanol–water partition coefficient (Wildman–Crippen LogP) is 2.29. The molecule has 5 nitrogen and oxygen atoms in total. The lowest BCUT2D eigenvalue weighted by molar-refractivity contribution is 0.0978. The molecule has 2 rings (SSSR count). The number of nitrogens with zero attached hydrogens (tertiary/aromatic N) is 4. The van der Waals surface area contributed by atoms with Gasteiger partial charge in [0.15, 0.2) is 17.2 Å². The van der Waals surface area contributed by atoms with E-state index < -0.39 is 0 Å². The molecule has 1 aromatic heterocycles. The molecule has 0 saturated carbocycles. The van der Waals surface area contributed by atoms with Crippen molar-refractivity contribution < 1.29 is 4.79 Å². The van der Waals surface area contributed by atoms with Crippen LogP contribution in [0.4, 0.5) is 0 Å². The Morgan fingerprint density at radius 3 is 2.60 bits per heavy atom. The number of Topliss-reactive ketones (excluding diaryl/α,β-unsaturated/α-hetero) is 1.